The molecule has 4 rings (SSSR count). The van der Waals surface area contributed by atoms with Crippen molar-refractivity contribution < 1.29 is 37.0 Å². The maximum Gasteiger partial charge on any atom is 0.491 e. The number of imidazole rings is 1. The van der Waals surface area contributed by atoms with Gasteiger partial charge in [0.25, 0.3) is 0 Å². The van der Waals surface area contributed by atoms with Crippen molar-refractivity contribution >= 4 is 28.7 Å². The number of amides is 1. The van der Waals surface area contributed by atoms with Crippen molar-refractivity contribution in [3.05, 3.63) is 71.8 Å². The molecule has 2 heterocycles. The topological polar surface area (TPSA) is 126 Å². The molecule has 0 spiro atoms. The molecule has 0 radical (unpaired) electrons. The fourth-order valence-electron chi connectivity index (χ4n) is 4.68. The van der Waals surface area contributed by atoms with Crippen LogP contribution in [0.1, 0.15) is 55.2 Å². The van der Waals surface area contributed by atoms with Crippen molar-refractivity contribution in [1.29, 1.82) is 0 Å². The van der Waals surface area contributed by atoms with Gasteiger partial charge in [0.2, 0.25) is 5.91 Å². The van der Waals surface area contributed by atoms with Crippen molar-refractivity contribution in [3.8, 4) is 17.0 Å². The average Bonchev–Trinajstić information content (AvgIpc) is 3.57. The van der Waals surface area contributed by atoms with Crippen LogP contribution in [-0.4, -0.2) is 46.1 Å². The highest BCUT2D eigenvalue weighted by molar-refractivity contribution is 5.91. The molecule has 0 unspecified atom stereocenters. The smallest absolute Gasteiger partial charge is 0.491 e. The first-order chi connectivity index (χ1) is 20.0. The summed E-state index contributed by atoms with van der Waals surface area (Å²) in [5, 5.41) is 3.95. The molecule has 9 nitrogen and oxygen atoms in total. The maximum absolute atomic E-state index is 13.3. The fraction of sp³-hybridized carbons (Fsp3) is 0.333. The Labute approximate surface area is 239 Å². The summed E-state index contributed by atoms with van der Waals surface area (Å²) >= 11 is 0. The van der Waals surface area contributed by atoms with Crippen LogP contribution in [0.25, 0.3) is 22.2 Å². The van der Waals surface area contributed by atoms with Crippen molar-refractivity contribution in [2.75, 3.05) is 7.11 Å². The number of hydrogen-bond donors (Lipinski definition) is 3. The van der Waals surface area contributed by atoms with E-state index in [1.165, 1.54) is 0 Å². The highest BCUT2D eigenvalue weighted by Gasteiger charge is 2.42. The number of nitrogens with zero attached hydrogens (tertiary/aromatic N) is 1. The van der Waals surface area contributed by atoms with E-state index in [2.05, 4.69) is 25.0 Å². The molecule has 1 atom stereocenters. The van der Waals surface area contributed by atoms with Crippen LogP contribution in [-0.2, 0) is 25.5 Å². The minimum absolute atomic E-state index is 0.112. The van der Waals surface area contributed by atoms with E-state index in [0.29, 0.717) is 30.8 Å². The summed E-state index contributed by atoms with van der Waals surface area (Å²) in [6.07, 6.45) is -2.11. The lowest BCUT2D eigenvalue weighted by atomic mass is 10.0. The summed E-state index contributed by atoms with van der Waals surface area (Å²) < 4.78 is 46.0. The zero-order valence-electron chi connectivity index (χ0n) is 23.1. The van der Waals surface area contributed by atoms with Gasteiger partial charge in [-0.05, 0) is 49.1 Å². The summed E-state index contributed by atoms with van der Waals surface area (Å²) in [6, 6.07) is 14.7. The lowest BCUT2D eigenvalue weighted by Crippen LogP contribution is -2.30. The van der Waals surface area contributed by atoms with E-state index in [0.717, 1.165) is 33.4 Å². The number of alkyl halides is 3. The number of aryl methyl sites for hydroxylation is 1. The lowest BCUT2D eigenvalue weighted by molar-refractivity contribution is -0.201. The summed E-state index contributed by atoms with van der Waals surface area (Å²) in [6.45, 7) is 1.90. The number of benzene rings is 2. The molecule has 0 bridgehead atoms. The number of aromatic amines is 2. The van der Waals surface area contributed by atoms with Crippen LogP contribution in [0.3, 0.4) is 0 Å². The first-order valence-corrected chi connectivity index (χ1v) is 13.4. The molecule has 0 aliphatic rings. The minimum atomic E-state index is -5.22. The maximum atomic E-state index is 13.3. The number of carbonyl (C=O) groups is 3. The second kappa shape index (κ2) is 13.4. The molecule has 42 heavy (non-hydrogen) atoms. The number of rotatable bonds is 12. The Kier molecular flexibility index (Phi) is 9.66. The van der Waals surface area contributed by atoms with E-state index >= 15 is 0 Å². The Morgan fingerprint density at radius 1 is 1.02 bits per heavy atom. The van der Waals surface area contributed by atoms with Gasteiger partial charge in [-0.2, -0.15) is 13.2 Å². The van der Waals surface area contributed by atoms with Gasteiger partial charge in [-0.3, -0.25) is 9.59 Å². The van der Waals surface area contributed by atoms with Crippen LogP contribution < -0.4 is 10.1 Å². The van der Waals surface area contributed by atoms with Gasteiger partial charge in [0.05, 0.1) is 31.5 Å². The molecule has 1 amide bonds. The van der Waals surface area contributed by atoms with E-state index in [4.69, 9.17) is 4.74 Å². The molecule has 0 aliphatic heterocycles. The number of H-pyrrole nitrogens is 2. The Morgan fingerprint density at radius 3 is 2.50 bits per heavy atom. The SMILES string of the molecule is COc1ccc2[nH]c(C)c(CC(=O)N[C@@H](CCCCCC(=O)OC(=O)C(F)(F)F)c3ncc(-c4ccccc4)[nH]3)c2c1. The molecule has 2 aromatic carbocycles. The number of hydrogen-bond acceptors (Lipinski definition) is 6. The normalized spacial score (nSPS) is 12.2. The number of aromatic nitrogens is 3. The third kappa shape index (κ3) is 7.77. The molecule has 2 aromatic heterocycles. The first kappa shape index (κ1) is 30.4. The third-order valence-electron chi connectivity index (χ3n) is 6.82. The molecule has 0 saturated heterocycles. The van der Waals surface area contributed by atoms with Crippen LogP contribution in [0, 0.1) is 6.92 Å². The van der Waals surface area contributed by atoms with Gasteiger partial charge in [0, 0.05) is 23.0 Å². The number of carbonyl (C=O) groups excluding carboxylic acids is 3. The van der Waals surface area contributed by atoms with E-state index < -0.39 is 24.2 Å². The summed E-state index contributed by atoms with van der Waals surface area (Å²) in [5.74, 6) is -2.75. The van der Waals surface area contributed by atoms with Gasteiger partial charge in [-0.25, -0.2) is 9.78 Å². The quantitative estimate of drug-likeness (QED) is 0.109. The number of halogens is 3. The van der Waals surface area contributed by atoms with Gasteiger partial charge in [0.1, 0.15) is 11.6 Å². The molecular weight excluding hydrogens is 553 g/mol. The number of esters is 2. The van der Waals surface area contributed by atoms with Crippen LogP contribution in [0.15, 0.2) is 54.7 Å². The Hall–Kier alpha value is -4.61. The highest BCUT2D eigenvalue weighted by atomic mass is 19.4. The van der Waals surface area contributed by atoms with Gasteiger partial charge >= 0.3 is 18.1 Å². The van der Waals surface area contributed by atoms with Gasteiger partial charge in [0.15, 0.2) is 0 Å². The van der Waals surface area contributed by atoms with E-state index in [1.807, 2.05) is 55.5 Å². The van der Waals surface area contributed by atoms with Crippen molar-refractivity contribution in [2.24, 2.45) is 0 Å². The molecule has 0 aliphatic carbocycles. The van der Waals surface area contributed by atoms with E-state index in [-0.39, 0.29) is 25.2 Å². The average molecular weight is 585 g/mol. The number of nitrogens with one attached hydrogen (secondary N) is 3. The molecule has 4 aromatic rings. The Balaban J connectivity index is 1.42. The summed E-state index contributed by atoms with van der Waals surface area (Å²) in [5.41, 5.74) is 4.31. The lowest BCUT2D eigenvalue weighted by Gasteiger charge is -2.17. The molecule has 3 N–H and O–H groups in total. The number of unbranched alkanes of at least 4 members (excludes halogenated alkanes) is 2. The Bertz CT molecular complexity index is 1550. The standard InChI is InChI=1S/C30H31F3N4O5/c1-18-21(22-15-20(41-2)13-14-23(22)35-18)16-26(38)36-24(28-34-17-25(37-28)19-9-5-3-6-10-19)11-7-4-8-12-27(39)42-29(40)30(31,32)33/h3,5-6,9-10,13-15,17,24,35H,4,7-8,11-12,16H2,1-2H3,(H,34,37)(H,36,38)/t24-/m0/s1. The molecule has 0 fully saturated rings. The van der Waals surface area contributed by atoms with Crippen molar-refractivity contribution in [1.82, 2.24) is 20.3 Å². The number of fused-ring (bicyclic) bond motifs is 1. The predicted octanol–water partition coefficient (Wildman–Crippen LogP) is 5.86. The Morgan fingerprint density at radius 2 is 1.79 bits per heavy atom. The second-order valence-electron chi connectivity index (χ2n) is 9.84. The zero-order valence-corrected chi connectivity index (χ0v) is 23.1. The summed E-state index contributed by atoms with van der Waals surface area (Å²) in [7, 11) is 1.58. The first-order valence-electron chi connectivity index (χ1n) is 13.4. The molecular formula is C30H31F3N4O5. The zero-order chi connectivity index (χ0) is 30.3. The van der Waals surface area contributed by atoms with Crippen LogP contribution in [0.2, 0.25) is 0 Å². The third-order valence-corrected chi connectivity index (χ3v) is 6.82. The van der Waals surface area contributed by atoms with E-state index in [9.17, 15) is 27.6 Å². The van der Waals surface area contributed by atoms with Crippen LogP contribution >= 0.6 is 0 Å². The largest absolute Gasteiger partial charge is 0.497 e. The van der Waals surface area contributed by atoms with Crippen LogP contribution in [0.4, 0.5) is 13.2 Å². The predicted molar refractivity (Wildman–Crippen MR) is 148 cm³/mol. The van der Waals surface area contributed by atoms with Gasteiger partial charge in [-0.1, -0.05) is 43.2 Å². The molecule has 12 heteroatoms. The number of methoxy groups -OCH3 is 1. The van der Waals surface area contributed by atoms with Gasteiger partial charge in [-0.15, -0.1) is 0 Å². The second-order valence-corrected chi connectivity index (χ2v) is 9.84. The number of ether oxygens (including phenoxy) is 2. The van der Waals surface area contributed by atoms with Gasteiger partial charge < -0.3 is 24.8 Å². The van der Waals surface area contributed by atoms with Crippen molar-refractivity contribution in [3.63, 3.8) is 0 Å². The minimum Gasteiger partial charge on any atom is -0.497 e. The highest BCUT2D eigenvalue weighted by Crippen LogP contribution is 2.28. The fourth-order valence-corrected chi connectivity index (χ4v) is 4.68. The summed E-state index contributed by atoms with van der Waals surface area (Å²) in [4.78, 5) is 46.8. The monoisotopic (exact) mass is 584 g/mol. The molecule has 222 valence electrons. The van der Waals surface area contributed by atoms with E-state index in [1.54, 1.807) is 13.3 Å². The van der Waals surface area contributed by atoms with Crippen LogP contribution in [0.5, 0.6) is 5.75 Å². The molecule has 0 saturated carbocycles. The van der Waals surface area contributed by atoms with Crippen molar-refractivity contribution in [2.45, 2.75) is 57.7 Å².